The molecule has 1 aromatic carbocycles. The summed E-state index contributed by atoms with van der Waals surface area (Å²) in [5.41, 5.74) is 4.05. The Hall–Kier alpha value is -1.76. The summed E-state index contributed by atoms with van der Waals surface area (Å²) in [7, 11) is 1.77. The van der Waals surface area contributed by atoms with Crippen LogP contribution in [0.2, 0.25) is 0 Å². The highest BCUT2D eigenvalue weighted by Gasteiger charge is 2.34. The summed E-state index contributed by atoms with van der Waals surface area (Å²) in [4.78, 5) is 5.10. The second kappa shape index (κ2) is 8.31. The highest BCUT2D eigenvalue weighted by atomic mass is 19.1. The summed E-state index contributed by atoms with van der Waals surface area (Å²) in [6.45, 7) is 9.85. The van der Waals surface area contributed by atoms with Crippen LogP contribution < -0.4 is 0 Å². The van der Waals surface area contributed by atoms with Gasteiger partial charge in [-0.05, 0) is 62.4 Å². The molecule has 3 saturated heterocycles. The topological polar surface area (TPSA) is 33.5 Å². The van der Waals surface area contributed by atoms with Gasteiger partial charge in [0, 0.05) is 51.6 Å². The van der Waals surface area contributed by atoms with Gasteiger partial charge >= 0.3 is 0 Å². The molecule has 0 unspecified atom stereocenters. The zero-order valence-corrected chi connectivity index (χ0v) is 17.2. The molecule has 152 valence electrons. The number of rotatable bonds is 6. The molecule has 5 nitrogen and oxygen atoms in total. The molecule has 1 aromatic heterocycles. The van der Waals surface area contributed by atoms with Crippen molar-refractivity contribution in [2.45, 2.75) is 39.3 Å². The van der Waals surface area contributed by atoms with E-state index in [1.807, 2.05) is 24.6 Å². The molecule has 2 aromatic rings. The lowest BCUT2D eigenvalue weighted by molar-refractivity contribution is 0.0867. The van der Waals surface area contributed by atoms with Crippen LogP contribution in [0.1, 0.15) is 29.8 Å². The van der Waals surface area contributed by atoms with Gasteiger partial charge in [-0.15, -0.1) is 0 Å². The minimum Gasteiger partial charge on any atom is -0.383 e. The monoisotopic (exact) mass is 386 g/mol. The number of aromatic nitrogens is 2. The molecule has 5 rings (SSSR count). The van der Waals surface area contributed by atoms with Gasteiger partial charge in [-0.1, -0.05) is 0 Å². The van der Waals surface area contributed by atoms with Crippen LogP contribution in [0.3, 0.4) is 0 Å². The lowest BCUT2D eigenvalue weighted by atomic mass is 9.95. The fourth-order valence-electron chi connectivity index (χ4n) is 4.89. The number of benzene rings is 1. The predicted octanol–water partition coefficient (Wildman–Crippen LogP) is 3.17. The zero-order valence-electron chi connectivity index (χ0n) is 17.2. The van der Waals surface area contributed by atoms with Crippen molar-refractivity contribution in [2.75, 3.05) is 39.9 Å². The molecule has 0 spiro atoms. The fraction of sp³-hybridized carbons (Fsp3) is 0.591. The minimum atomic E-state index is -0.181. The number of fused-ring (bicyclic) bond motifs is 4. The number of halogens is 1. The van der Waals surface area contributed by atoms with Crippen LogP contribution in [-0.4, -0.2) is 65.5 Å². The SMILES string of the molecule is COCCN1C[C@@H]2CC[C@H]1CN(Cc1cc(F)ccc1-n1nc(C)cc1C)C2. The summed E-state index contributed by atoms with van der Waals surface area (Å²) in [6, 6.07) is 7.71. The summed E-state index contributed by atoms with van der Waals surface area (Å²) in [6.07, 6.45) is 2.54. The standard InChI is InChI=1S/C22H31FN4O/c1-16-10-17(2)27(24-16)22-7-5-20(23)11-19(22)14-25-12-18-4-6-21(15-25)26(13-18)8-9-28-3/h5,7,10-11,18,21H,4,6,8-9,12-15H2,1-3H3/t18-,21+/m1/s1. The Labute approximate surface area is 167 Å². The Morgan fingerprint density at radius 2 is 2.00 bits per heavy atom. The maximum Gasteiger partial charge on any atom is 0.123 e. The molecule has 0 aliphatic carbocycles. The smallest absolute Gasteiger partial charge is 0.123 e. The number of aryl methyl sites for hydroxylation is 2. The van der Waals surface area contributed by atoms with Crippen LogP contribution in [0.25, 0.3) is 5.69 Å². The second-order valence-corrected chi connectivity index (χ2v) is 8.39. The van der Waals surface area contributed by atoms with E-state index in [2.05, 4.69) is 21.0 Å². The summed E-state index contributed by atoms with van der Waals surface area (Å²) < 4.78 is 21.3. The third-order valence-electron chi connectivity index (χ3n) is 6.16. The minimum absolute atomic E-state index is 0.181. The quantitative estimate of drug-likeness (QED) is 0.764. The Morgan fingerprint density at radius 3 is 2.75 bits per heavy atom. The summed E-state index contributed by atoms with van der Waals surface area (Å²) in [5.74, 6) is 0.501. The van der Waals surface area contributed by atoms with Gasteiger partial charge in [0.2, 0.25) is 0 Å². The number of ether oxygens (including phenoxy) is 1. The summed E-state index contributed by atoms with van der Waals surface area (Å²) >= 11 is 0. The molecule has 6 heteroatoms. The Bertz CT molecular complexity index is 821. The molecule has 3 aliphatic heterocycles. The van der Waals surface area contributed by atoms with E-state index in [-0.39, 0.29) is 5.82 Å². The third-order valence-corrected chi connectivity index (χ3v) is 6.16. The number of methoxy groups -OCH3 is 1. The van der Waals surface area contributed by atoms with E-state index in [1.54, 1.807) is 13.2 Å². The first kappa shape index (κ1) is 19.6. The lowest BCUT2D eigenvalue weighted by Crippen LogP contribution is -2.45. The van der Waals surface area contributed by atoms with E-state index in [0.717, 1.165) is 62.0 Å². The van der Waals surface area contributed by atoms with Gasteiger partial charge < -0.3 is 4.74 Å². The van der Waals surface area contributed by atoms with Crippen LogP contribution >= 0.6 is 0 Å². The van der Waals surface area contributed by atoms with Crippen molar-refractivity contribution in [3.05, 3.63) is 47.0 Å². The van der Waals surface area contributed by atoms with Crippen molar-refractivity contribution >= 4 is 0 Å². The predicted molar refractivity (Wildman–Crippen MR) is 108 cm³/mol. The van der Waals surface area contributed by atoms with Crippen LogP contribution in [0, 0.1) is 25.6 Å². The van der Waals surface area contributed by atoms with E-state index in [9.17, 15) is 4.39 Å². The van der Waals surface area contributed by atoms with Gasteiger partial charge in [0.05, 0.1) is 18.0 Å². The largest absolute Gasteiger partial charge is 0.383 e. The summed E-state index contributed by atoms with van der Waals surface area (Å²) in [5, 5.41) is 4.62. The van der Waals surface area contributed by atoms with Crippen molar-refractivity contribution in [2.24, 2.45) is 5.92 Å². The molecule has 0 N–H and O–H groups in total. The van der Waals surface area contributed by atoms with E-state index >= 15 is 0 Å². The van der Waals surface area contributed by atoms with E-state index < -0.39 is 0 Å². The Balaban J connectivity index is 1.56. The molecule has 3 fully saturated rings. The molecule has 3 aliphatic rings. The molecule has 0 amide bonds. The van der Waals surface area contributed by atoms with Crippen molar-refractivity contribution in [3.8, 4) is 5.69 Å². The van der Waals surface area contributed by atoms with Gasteiger partial charge in [-0.3, -0.25) is 9.80 Å². The van der Waals surface area contributed by atoms with E-state index in [4.69, 9.17) is 4.74 Å². The number of nitrogens with zero attached hydrogens (tertiary/aromatic N) is 4. The highest BCUT2D eigenvalue weighted by molar-refractivity contribution is 5.42. The molecule has 2 atom stereocenters. The average Bonchev–Trinajstić information content (AvgIpc) is 2.82. The average molecular weight is 387 g/mol. The number of piperidine rings is 1. The van der Waals surface area contributed by atoms with Gasteiger partial charge in [0.1, 0.15) is 5.82 Å². The van der Waals surface area contributed by atoms with Crippen LogP contribution in [0.15, 0.2) is 24.3 Å². The van der Waals surface area contributed by atoms with Crippen molar-refractivity contribution < 1.29 is 9.13 Å². The Kier molecular flexibility index (Phi) is 5.80. The van der Waals surface area contributed by atoms with Gasteiger partial charge in [0.25, 0.3) is 0 Å². The van der Waals surface area contributed by atoms with Gasteiger partial charge in [-0.2, -0.15) is 5.10 Å². The highest BCUT2D eigenvalue weighted by Crippen LogP contribution is 2.29. The van der Waals surface area contributed by atoms with E-state index in [1.165, 1.54) is 18.9 Å². The first-order valence-electron chi connectivity index (χ1n) is 10.3. The zero-order chi connectivity index (χ0) is 19.7. The van der Waals surface area contributed by atoms with Crippen molar-refractivity contribution in [3.63, 3.8) is 0 Å². The van der Waals surface area contributed by atoms with E-state index in [0.29, 0.717) is 12.0 Å². The molecule has 28 heavy (non-hydrogen) atoms. The first-order valence-corrected chi connectivity index (χ1v) is 10.3. The van der Waals surface area contributed by atoms with Gasteiger partial charge in [-0.25, -0.2) is 9.07 Å². The first-order chi connectivity index (χ1) is 13.5. The molecule has 0 radical (unpaired) electrons. The lowest BCUT2D eigenvalue weighted by Gasteiger charge is -2.35. The Morgan fingerprint density at radius 1 is 1.14 bits per heavy atom. The van der Waals surface area contributed by atoms with Crippen LogP contribution in [0.4, 0.5) is 4.39 Å². The maximum absolute atomic E-state index is 14.1. The molecular formula is C22H31FN4O. The molecular weight excluding hydrogens is 355 g/mol. The molecule has 0 saturated carbocycles. The van der Waals surface area contributed by atoms with Gasteiger partial charge in [0.15, 0.2) is 0 Å². The maximum atomic E-state index is 14.1. The molecule has 4 heterocycles. The normalized spacial score (nSPS) is 23.3. The van der Waals surface area contributed by atoms with Crippen LogP contribution in [0.5, 0.6) is 0 Å². The second-order valence-electron chi connectivity index (χ2n) is 8.39. The van der Waals surface area contributed by atoms with Crippen LogP contribution in [-0.2, 0) is 11.3 Å². The third kappa shape index (κ3) is 4.14. The number of hydrogen-bond acceptors (Lipinski definition) is 4. The molecule has 2 bridgehead atoms. The van der Waals surface area contributed by atoms with Crippen molar-refractivity contribution in [1.82, 2.24) is 19.6 Å². The van der Waals surface area contributed by atoms with Crippen molar-refractivity contribution in [1.29, 1.82) is 0 Å². The fourth-order valence-corrected chi connectivity index (χ4v) is 4.89. The number of hydrogen-bond donors (Lipinski definition) is 0.